The average molecular weight is 313 g/mol. The standard InChI is InChI=1S/C14H17ClN2O4/c1-9(18)10-3-2-6-16(8-10)14(19)12-5-4-11(17(20)21)7-13(12)15/h4-5,7,9-10,18H,2-3,6,8H2,1H3. The Balaban J connectivity index is 2.18. The number of likely N-dealkylation sites (tertiary alicyclic amines) is 1. The number of benzene rings is 1. The van der Waals surface area contributed by atoms with E-state index in [9.17, 15) is 20.0 Å². The van der Waals surface area contributed by atoms with Gasteiger partial charge in [-0.3, -0.25) is 14.9 Å². The summed E-state index contributed by atoms with van der Waals surface area (Å²) < 4.78 is 0. The Bertz CT molecular complexity index is 562. The largest absolute Gasteiger partial charge is 0.393 e. The summed E-state index contributed by atoms with van der Waals surface area (Å²) in [5, 5.41) is 20.4. The second kappa shape index (κ2) is 6.41. The lowest BCUT2D eigenvalue weighted by Gasteiger charge is -2.34. The van der Waals surface area contributed by atoms with Gasteiger partial charge in [0.1, 0.15) is 0 Å². The number of halogens is 1. The van der Waals surface area contributed by atoms with E-state index in [1.807, 2.05) is 0 Å². The van der Waals surface area contributed by atoms with Crippen molar-refractivity contribution in [3.05, 3.63) is 38.9 Å². The van der Waals surface area contributed by atoms with Crippen molar-refractivity contribution in [2.45, 2.75) is 25.9 Å². The van der Waals surface area contributed by atoms with Gasteiger partial charge in [-0.25, -0.2) is 0 Å². The van der Waals surface area contributed by atoms with Crippen LogP contribution < -0.4 is 0 Å². The van der Waals surface area contributed by atoms with Crippen LogP contribution in [0.1, 0.15) is 30.1 Å². The van der Waals surface area contributed by atoms with E-state index in [0.29, 0.717) is 13.1 Å². The van der Waals surface area contributed by atoms with Crippen LogP contribution in [0.2, 0.25) is 5.02 Å². The molecule has 0 spiro atoms. The third kappa shape index (κ3) is 3.51. The quantitative estimate of drug-likeness (QED) is 0.686. The Hall–Kier alpha value is -1.66. The van der Waals surface area contributed by atoms with Crippen molar-refractivity contribution in [1.29, 1.82) is 0 Å². The van der Waals surface area contributed by atoms with E-state index >= 15 is 0 Å². The highest BCUT2D eigenvalue weighted by molar-refractivity contribution is 6.34. The van der Waals surface area contributed by atoms with E-state index in [-0.39, 0.29) is 28.1 Å². The molecule has 1 saturated heterocycles. The molecule has 1 aliphatic heterocycles. The first-order valence-electron chi connectivity index (χ1n) is 6.81. The predicted molar refractivity (Wildman–Crippen MR) is 78.4 cm³/mol. The maximum atomic E-state index is 12.5. The molecule has 1 N–H and O–H groups in total. The number of carbonyl (C=O) groups excluding carboxylic acids is 1. The number of nitro groups is 1. The lowest BCUT2D eigenvalue weighted by atomic mass is 9.93. The number of non-ortho nitro benzene ring substituents is 1. The van der Waals surface area contributed by atoms with E-state index in [1.54, 1.807) is 11.8 Å². The van der Waals surface area contributed by atoms with Crippen LogP contribution in [0.5, 0.6) is 0 Å². The van der Waals surface area contributed by atoms with Gasteiger partial charge in [-0.2, -0.15) is 0 Å². The Labute approximate surface area is 127 Å². The van der Waals surface area contributed by atoms with Gasteiger partial charge in [-0.1, -0.05) is 11.6 Å². The normalized spacial score (nSPS) is 20.1. The molecule has 1 aromatic rings. The fourth-order valence-corrected chi connectivity index (χ4v) is 2.81. The SMILES string of the molecule is CC(O)C1CCCN(C(=O)c2ccc([N+](=O)[O-])cc2Cl)C1. The van der Waals surface area contributed by atoms with Crippen molar-refractivity contribution < 1.29 is 14.8 Å². The first kappa shape index (κ1) is 15.7. The second-order valence-electron chi connectivity index (χ2n) is 5.32. The van der Waals surface area contributed by atoms with Gasteiger partial charge in [0.05, 0.1) is 21.6 Å². The van der Waals surface area contributed by atoms with Crippen LogP contribution in [-0.4, -0.2) is 40.0 Å². The maximum Gasteiger partial charge on any atom is 0.270 e. The molecule has 1 heterocycles. The van der Waals surface area contributed by atoms with Crippen molar-refractivity contribution in [1.82, 2.24) is 4.90 Å². The minimum atomic E-state index is -0.551. The number of nitrogens with zero attached hydrogens (tertiary/aromatic N) is 2. The highest BCUT2D eigenvalue weighted by Crippen LogP contribution is 2.26. The number of carbonyl (C=O) groups is 1. The van der Waals surface area contributed by atoms with Crippen LogP contribution in [-0.2, 0) is 0 Å². The summed E-state index contributed by atoms with van der Waals surface area (Å²) in [4.78, 5) is 24.2. The first-order chi connectivity index (χ1) is 9.90. The minimum absolute atomic E-state index is 0.0551. The van der Waals surface area contributed by atoms with Crippen LogP contribution in [0.3, 0.4) is 0 Å². The third-order valence-corrected chi connectivity index (χ3v) is 4.13. The third-order valence-electron chi connectivity index (χ3n) is 3.82. The van der Waals surface area contributed by atoms with Crippen molar-refractivity contribution in [3.63, 3.8) is 0 Å². The number of amides is 1. The molecule has 1 aromatic carbocycles. The van der Waals surface area contributed by atoms with Crippen LogP contribution in [0.4, 0.5) is 5.69 Å². The number of aliphatic hydroxyl groups is 1. The summed E-state index contributed by atoms with van der Waals surface area (Å²) in [6.45, 7) is 2.80. The van der Waals surface area contributed by atoms with Gasteiger partial charge in [0.25, 0.3) is 11.6 Å². The first-order valence-corrected chi connectivity index (χ1v) is 7.19. The zero-order valence-electron chi connectivity index (χ0n) is 11.7. The Kier molecular flexibility index (Phi) is 4.80. The van der Waals surface area contributed by atoms with Gasteiger partial charge >= 0.3 is 0 Å². The summed E-state index contributed by atoms with van der Waals surface area (Å²) in [5.41, 5.74) is 0.116. The molecule has 7 heteroatoms. The van der Waals surface area contributed by atoms with Crippen molar-refractivity contribution in [3.8, 4) is 0 Å². The van der Waals surface area contributed by atoms with Crippen molar-refractivity contribution in [2.75, 3.05) is 13.1 Å². The van der Waals surface area contributed by atoms with Gasteiger partial charge in [0.15, 0.2) is 0 Å². The van der Waals surface area contributed by atoms with Gasteiger partial charge < -0.3 is 10.0 Å². The molecule has 114 valence electrons. The summed E-state index contributed by atoms with van der Waals surface area (Å²) in [7, 11) is 0. The number of nitro benzene ring substituents is 1. The van der Waals surface area contributed by atoms with E-state index in [2.05, 4.69) is 0 Å². The molecule has 1 amide bonds. The Morgan fingerprint density at radius 3 is 2.86 bits per heavy atom. The molecule has 21 heavy (non-hydrogen) atoms. The van der Waals surface area contributed by atoms with Gasteiger partial charge in [0.2, 0.25) is 0 Å². The van der Waals surface area contributed by atoms with Crippen LogP contribution in [0.15, 0.2) is 18.2 Å². The molecule has 1 aliphatic rings. The number of piperidine rings is 1. The molecule has 2 unspecified atom stereocenters. The molecule has 2 rings (SSSR count). The Morgan fingerprint density at radius 1 is 1.57 bits per heavy atom. The zero-order chi connectivity index (χ0) is 15.6. The summed E-state index contributed by atoms with van der Waals surface area (Å²) >= 11 is 5.99. The molecule has 0 saturated carbocycles. The molecular formula is C14H17ClN2O4. The fourth-order valence-electron chi connectivity index (χ4n) is 2.55. The van der Waals surface area contributed by atoms with Gasteiger partial charge in [-0.05, 0) is 25.8 Å². The Morgan fingerprint density at radius 2 is 2.29 bits per heavy atom. The molecular weight excluding hydrogens is 296 g/mol. The molecule has 0 bridgehead atoms. The predicted octanol–water partition coefficient (Wildman–Crippen LogP) is 2.48. The van der Waals surface area contributed by atoms with E-state index in [4.69, 9.17) is 11.6 Å². The summed E-state index contributed by atoms with van der Waals surface area (Å²) in [5.74, 6) is -0.195. The molecule has 0 aliphatic carbocycles. The second-order valence-corrected chi connectivity index (χ2v) is 5.72. The van der Waals surface area contributed by atoms with Crippen LogP contribution in [0.25, 0.3) is 0 Å². The molecule has 1 fully saturated rings. The number of rotatable bonds is 3. The number of hydrogen-bond acceptors (Lipinski definition) is 4. The van der Waals surface area contributed by atoms with Crippen molar-refractivity contribution in [2.24, 2.45) is 5.92 Å². The molecule has 0 radical (unpaired) electrons. The monoisotopic (exact) mass is 312 g/mol. The highest BCUT2D eigenvalue weighted by atomic mass is 35.5. The van der Waals surface area contributed by atoms with Crippen LogP contribution in [0, 0.1) is 16.0 Å². The number of aliphatic hydroxyl groups excluding tert-OH is 1. The van der Waals surface area contributed by atoms with E-state index in [1.165, 1.54) is 18.2 Å². The maximum absolute atomic E-state index is 12.5. The number of hydrogen-bond donors (Lipinski definition) is 1. The van der Waals surface area contributed by atoms with Gasteiger partial charge in [0, 0.05) is 31.1 Å². The zero-order valence-corrected chi connectivity index (χ0v) is 12.4. The lowest BCUT2D eigenvalue weighted by molar-refractivity contribution is -0.384. The van der Waals surface area contributed by atoms with E-state index < -0.39 is 11.0 Å². The van der Waals surface area contributed by atoms with Gasteiger partial charge in [-0.15, -0.1) is 0 Å². The van der Waals surface area contributed by atoms with Crippen LogP contribution >= 0.6 is 11.6 Å². The fraction of sp³-hybridized carbons (Fsp3) is 0.500. The smallest absolute Gasteiger partial charge is 0.270 e. The minimum Gasteiger partial charge on any atom is -0.393 e. The molecule has 0 aromatic heterocycles. The topological polar surface area (TPSA) is 83.7 Å². The summed E-state index contributed by atoms with van der Waals surface area (Å²) in [6, 6.07) is 3.84. The molecule has 2 atom stereocenters. The molecule has 6 nitrogen and oxygen atoms in total. The van der Waals surface area contributed by atoms with Crippen molar-refractivity contribution >= 4 is 23.2 Å². The van der Waals surface area contributed by atoms with E-state index in [0.717, 1.165) is 12.8 Å². The summed E-state index contributed by atoms with van der Waals surface area (Å²) in [6.07, 6.45) is 1.24. The highest BCUT2D eigenvalue weighted by Gasteiger charge is 2.28. The lowest BCUT2D eigenvalue weighted by Crippen LogP contribution is -2.43. The average Bonchev–Trinajstić information content (AvgIpc) is 2.46.